The van der Waals surface area contributed by atoms with Crippen molar-refractivity contribution < 1.29 is 31.1 Å². The maximum Gasteiger partial charge on any atom is 0.573 e. The summed E-state index contributed by atoms with van der Waals surface area (Å²) in [5.74, 6) is 0.242. The van der Waals surface area contributed by atoms with E-state index >= 15 is 0 Å². The average molecular weight is 431 g/mol. The minimum atomic E-state index is -4.99. The highest BCUT2D eigenvalue weighted by Gasteiger charge is 2.36. The Kier molecular flexibility index (Phi) is 5.99. The molecule has 0 radical (unpaired) electrons. The molecular formula is C18H20F3N3O4S. The first kappa shape index (κ1) is 21.3. The molecule has 7 nitrogen and oxygen atoms in total. The number of sulfonamides is 1. The Morgan fingerprint density at radius 1 is 1.10 bits per heavy atom. The van der Waals surface area contributed by atoms with Gasteiger partial charge in [-0.2, -0.15) is 9.29 Å². The van der Waals surface area contributed by atoms with Crippen molar-refractivity contribution in [3.63, 3.8) is 0 Å². The fourth-order valence-corrected chi connectivity index (χ4v) is 4.70. The molecule has 1 saturated heterocycles. The quantitative estimate of drug-likeness (QED) is 0.723. The van der Waals surface area contributed by atoms with Crippen LogP contribution in [0, 0.1) is 13.8 Å². The van der Waals surface area contributed by atoms with Crippen molar-refractivity contribution >= 4 is 10.0 Å². The van der Waals surface area contributed by atoms with Crippen LogP contribution in [0.1, 0.15) is 24.4 Å². The van der Waals surface area contributed by atoms with Crippen LogP contribution in [0.25, 0.3) is 0 Å². The number of alkyl halides is 3. The number of aryl methyl sites for hydroxylation is 2. The zero-order chi connectivity index (χ0) is 21.2. The van der Waals surface area contributed by atoms with Gasteiger partial charge < -0.3 is 9.47 Å². The summed E-state index contributed by atoms with van der Waals surface area (Å²) in [6.45, 7) is 3.78. The van der Waals surface area contributed by atoms with Crippen LogP contribution in [-0.4, -0.2) is 48.2 Å². The summed E-state index contributed by atoms with van der Waals surface area (Å²) in [7, 11) is -4.15. The third kappa shape index (κ3) is 5.36. The van der Waals surface area contributed by atoms with Gasteiger partial charge in [-0.3, -0.25) is 0 Å². The third-order valence-electron chi connectivity index (χ3n) is 4.32. The first-order valence-corrected chi connectivity index (χ1v) is 10.3. The lowest BCUT2D eigenvalue weighted by Gasteiger charge is -2.31. The molecule has 0 unspecified atom stereocenters. The molecule has 0 atom stereocenters. The van der Waals surface area contributed by atoms with Crippen molar-refractivity contribution in [2.45, 2.75) is 44.1 Å². The molecule has 29 heavy (non-hydrogen) atoms. The topological polar surface area (TPSA) is 81.6 Å². The molecule has 1 aromatic carbocycles. The summed E-state index contributed by atoms with van der Waals surface area (Å²) in [5.41, 5.74) is 0.758. The van der Waals surface area contributed by atoms with Crippen LogP contribution in [0.5, 0.6) is 11.6 Å². The molecule has 1 aliphatic heterocycles. The smallest absolute Gasteiger partial charge is 0.474 e. The van der Waals surface area contributed by atoms with E-state index in [-0.39, 0.29) is 19.2 Å². The van der Waals surface area contributed by atoms with E-state index in [0.717, 1.165) is 22.1 Å². The van der Waals surface area contributed by atoms with E-state index in [4.69, 9.17) is 4.74 Å². The van der Waals surface area contributed by atoms with E-state index in [1.54, 1.807) is 13.0 Å². The van der Waals surface area contributed by atoms with Gasteiger partial charge in [0.15, 0.2) is 0 Å². The highest BCUT2D eigenvalue weighted by Crippen LogP contribution is 2.32. The molecule has 2 heterocycles. The number of hydrogen-bond donors (Lipinski definition) is 0. The van der Waals surface area contributed by atoms with E-state index in [2.05, 4.69) is 14.7 Å². The van der Waals surface area contributed by atoms with Gasteiger partial charge in [0.05, 0.1) is 0 Å². The number of hydrogen-bond acceptors (Lipinski definition) is 6. The molecule has 1 aliphatic rings. The number of aromatic nitrogens is 2. The van der Waals surface area contributed by atoms with Gasteiger partial charge in [-0.15, -0.1) is 13.2 Å². The minimum absolute atomic E-state index is 0.108. The Balaban J connectivity index is 1.70. The van der Waals surface area contributed by atoms with E-state index in [1.165, 1.54) is 12.1 Å². The number of ether oxygens (including phenoxy) is 2. The normalized spacial score (nSPS) is 16.6. The van der Waals surface area contributed by atoms with E-state index < -0.39 is 27.0 Å². The Morgan fingerprint density at radius 3 is 2.38 bits per heavy atom. The van der Waals surface area contributed by atoms with Gasteiger partial charge in [0.1, 0.15) is 22.6 Å². The third-order valence-corrected chi connectivity index (χ3v) is 6.26. The summed E-state index contributed by atoms with van der Waals surface area (Å²) in [4.78, 5) is 7.85. The number of halogens is 3. The Labute approximate surface area is 166 Å². The van der Waals surface area contributed by atoms with Crippen molar-refractivity contribution in [2.75, 3.05) is 13.1 Å². The Hall–Kier alpha value is -2.40. The number of nitrogens with zero attached hydrogens (tertiary/aromatic N) is 3. The van der Waals surface area contributed by atoms with Crippen LogP contribution < -0.4 is 9.47 Å². The van der Waals surface area contributed by atoms with Crippen molar-refractivity contribution in [3.05, 3.63) is 41.9 Å². The molecule has 3 rings (SSSR count). The van der Waals surface area contributed by atoms with Crippen molar-refractivity contribution in [2.24, 2.45) is 0 Å². The van der Waals surface area contributed by atoms with E-state index in [9.17, 15) is 21.6 Å². The van der Waals surface area contributed by atoms with Crippen LogP contribution >= 0.6 is 0 Å². The first-order valence-electron chi connectivity index (χ1n) is 8.88. The zero-order valence-electron chi connectivity index (χ0n) is 15.8. The fourth-order valence-electron chi connectivity index (χ4n) is 3.12. The SMILES string of the molecule is Cc1cc(OC2CCN(S(=O)(=O)c3ccccc3OC(F)(F)F)CC2)nc(C)n1. The lowest BCUT2D eigenvalue weighted by atomic mass is 10.1. The van der Waals surface area contributed by atoms with E-state index in [1.807, 2.05) is 6.92 Å². The molecular weight excluding hydrogens is 411 g/mol. The summed E-state index contributed by atoms with van der Waals surface area (Å²) >= 11 is 0. The number of benzene rings is 1. The highest BCUT2D eigenvalue weighted by atomic mass is 32.2. The van der Waals surface area contributed by atoms with Gasteiger partial charge in [-0.05, 0) is 38.8 Å². The largest absolute Gasteiger partial charge is 0.573 e. The van der Waals surface area contributed by atoms with Crippen LogP contribution in [-0.2, 0) is 10.0 Å². The zero-order valence-corrected chi connectivity index (χ0v) is 16.6. The van der Waals surface area contributed by atoms with Crippen molar-refractivity contribution in [3.8, 4) is 11.6 Å². The molecule has 1 aromatic heterocycles. The fraction of sp³-hybridized carbons (Fsp3) is 0.444. The maximum absolute atomic E-state index is 12.9. The number of piperidine rings is 1. The molecule has 2 aromatic rings. The molecule has 158 valence electrons. The lowest BCUT2D eigenvalue weighted by molar-refractivity contribution is -0.275. The first-order chi connectivity index (χ1) is 13.5. The number of rotatable bonds is 5. The summed E-state index contributed by atoms with van der Waals surface area (Å²) in [6, 6.07) is 6.42. The molecule has 0 amide bonds. The van der Waals surface area contributed by atoms with Gasteiger partial charge in [-0.25, -0.2) is 13.4 Å². The Bertz CT molecular complexity index is 954. The van der Waals surface area contributed by atoms with Gasteiger partial charge in [0, 0.05) is 24.8 Å². The summed E-state index contributed by atoms with van der Waals surface area (Å²) in [6.07, 6.45) is -4.48. The van der Waals surface area contributed by atoms with Crippen molar-refractivity contribution in [1.29, 1.82) is 0 Å². The van der Waals surface area contributed by atoms with Crippen LogP contribution in [0.4, 0.5) is 13.2 Å². The van der Waals surface area contributed by atoms with Gasteiger partial charge in [0.2, 0.25) is 15.9 Å². The van der Waals surface area contributed by atoms with Gasteiger partial charge >= 0.3 is 6.36 Å². The molecule has 0 aliphatic carbocycles. The lowest BCUT2D eigenvalue weighted by Crippen LogP contribution is -2.42. The van der Waals surface area contributed by atoms with Crippen LogP contribution in [0.2, 0.25) is 0 Å². The maximum atomic E-state index is 12.9. The van der Waals surface area contributed by atoms with Gasteiger partial charge in [-0.1, -0.05) is 12.1 Å². The molecule has 0 bridgehead atoms. The number of para-hydroxylation sites is 1. The van der Waals surface area contributed by atoms with Crippen molar-refractivity contribution in [1.82, 2.24) is 14.3 Å². The van der Waals surface area contributed by atoms with Gasteiger partial charge in [0.25, 0.3) is 0 Å². The Morgan fingerprint density at radius 2 is 1.76 bits per heavy atom. The second-order valence-corrected chi connectivity index (χ2v) is 8.52. The van der Waals surface area contributed by atoms with Crippen LogP contribution in [0.15, 0.2) is 35.2 Å². The minimum Gasteiger partial charge on any atom is -0.474 e. The second-order valence-electron chi connectivity index (χ2n) is 6.61. The molecule has 0 spiro atoms. The summed E-state index contributed by atoms with van der Waals surface area (Å²) in [5, 5.41) is 0. The predicted molar refractivity (Wildman–Crippen MR) is 97.0 cm³/mol. The van der Waals surface area contributed by atoms with Crippen LogP contribution in [0.3, 0.4) is 0 Å². The second kappa shape index (κ2) is 8.15. The standard InChI is InChI=1S/C18H20F3N3O4S/c1-12-11-17(23-13(2)22-12)27-14-7-9-24(10-8-14)29(25,26)16-6-4-3-5-15(16)28-18(19,20)21/h3-6,11,14H,7-10H2,1-2H3. The average Bonchev–Trinajstić information content (AvgIpc) is 2.60. The molecule has 1 fully saturated rings. The van der Waals surface area contributed by atoms with E-state index in [0.29, 0.717) is 24.5 Å². The monoisotopic (exact) mass is 431 g/mol. The molecule has 0 saturated carbocycles. The molecule has 11 heteroatoms. The summed E-state index contributed by atoms with van der Waals surface area (Å²) < 4.78 is 74.4. The highest BCUT2D eigenvalue weighted by molar-refractivity contribution is 7.89. The molecule has 0 N–H and O–H groups in total. The predicted octanol–water partition coefficient (Wildman–Crippen LogP) is 3.22.